The number of rotatable bonds is 3. The largest absolute Gasteiger partial charge is 0.291 e. The molecule has 196 valence electrons. The van der Waals surface area contributed by atoms with Crippen LogP contribution < -0.4 is 0 Å². The van der Waals surface area contributed by atoms with E-state index in [0.717, 1.165) is 11.2 Å². The predicted octanol–water partition coefficient (Wildman–Crippen LogP) is 11.0. The minimum atomic E-state index is 0.978. The molecule has 0 amide bonds. The quantitative estimate of drug-likeness (QED) is 0.199. The normalized spacial score (nSPS) is 11.8. The van der Waals surface area contributed by atoms with Crippen LogP contribution in [0.1, 0.15) is 0 Å². The number of nitrogens with zero attached hydrogens (tertiary/aromatic N) is 2. The monoisotopic (exact) mass is 552 g/mol. The first-order chi connectivity index (χ1) is 20.8. The Balaban J connectivity index is 1.33. The van der Waals surface area contributed by atoms with Crippen molar-refractivity contribution in [1.82, 2.24) is 9.38 Å². The summed E-state index contributed by atoms with van der Waals surface area (Å²) in [6.07, 6.45) is 2.17. The molecule has 6 aromatic carbocycles. The first-order valence-corrected chi connectivity index (χ1v) is 15.0. The highest BCUT2D eigenvalue weighted by Crippen LogP contribution is 2.45. The summed E-state index contributed by atoms with van der Waals surface area (Å²) in [7, 11) is 0. The van der Waals surface area contributed by atoms with Crippen molar-refractivity contribution in [3.05, 3.63) is 146 Å². The van der Waals surface area contributed by atoms with Crippen LogP contribution in [0.3, 0.4) is 0 Å². The summed E-state index contributed by atoms with van der Waals surface area (Å²) in [4.78, 5) is 6.28. The molecule has 9 rings (SSSR count). The second kappa shape index (κ2) is 9.13. The Morgan fingerprint density at radius 2 is 1.02 bits per heavy atom. The molecule has 0 spiro atoms. The van der Waals surface area contributed by atoms with Crippen molar-refractivity contribution in [1.29, 1.82) is 0 Å². The zero-order chi connectivity index (χ0) is 27.6. The standard InChI is InChI=1S/C39H24N2S/c1-3-11-25(12-4-1)36-29-15-7-8-16-30(29)37(26-13-5-2-6-14-26)33-23-27(19-20-31(33)36)28-21-22-41-35(24-28)40-38-32-17-9-10-18-34(32)42-39(38)41/h1-24H. The third kappa shape index (κ3) is 3.47. The van der Waals surface area contributed by atoms with E-state index in [0.29, 0.717) is 0 Å². The molecule has 42 heavy (non-hydrogen) atoms. The Bertz CT molecular complexity index is 2450. The molecule has 0 unspecified atom stereocenters. The lowest BCUT2D eigenvalue weighted by atomic mass is 9.85. The fourth-order valence-corrected chi connectivity index (χ4v) is 7.65. The lowest BCUT2D eigenvalue weighted by Gasteiger charge is -2.18. The van der Waals surface area contributed by atoms with Gasteiger partial charge in [-0.05, 0) is 79.2 Å². The number of imidazole rings is 1. The Labute approximate surface area is 246 Å². The molecule has 0 bridgehead atoms. The summed E-state index contributed by atoms with van der Waals surface area (Å²) >= 11 is 1.80. The van der Waals surface area contributed by atoms with Crippen molar-refractivity contribution in [3.63, 3.8) is 0 Å². The van der Waals surface area contributed by atoms with E-state index >= 15 is 0 Å². The van der Waals surface area contributed by atoms with E-state index in [1.165, 1.54) is 69.8 Å². The van der Waals surface area contributed by atoms with Gasteiger partial charge in [0.25, 0.3) is 0 Å². The number of pyridine rings is 1. The summed E-state index contributed by atoms with van der Waals surface area (Å²) in [5.41, 5.74) is 9.43. The number of thiophene rings is 1. The van der Waals surface area contributed by atoms with Gasteiger partial charge in [-0.2, -0.15) is 0 Å². The maximum atomic E-state index is 5.09. The van der Waals surface area contributed by atoms with Crippen LogP contribution in [0.5, 0.6) is 0 Å². The fourth-order valence-electron chi connectivity index (χ4n) is 6.52. The summed E-state index contributed by atoms with van der Waals surface area (Å²) in [5, 5.41) is 6.28. The molecule has 0 fully saturated rings. The van der Waals surface area contributed by atoms with E-state index in [4.69, 9.17) is 4.98 Å². The molecule has 0 saturated heterocycles. The lowest BCUT2D eigenvalue weighted by molar-refractivity contribution is 1.24. The van der Waals surface area contributed by atoms with Crippen LogP contribution in [0.2, 0.25) is 0 Å². The van der Waals surface area contributed by atoms with Gasteiger partial charge in [-0.15, -0.1) is 11.3 Å². The maximum absolute atomic E-state index is 5.09. The van der Waals surface area contributed by atoms with E-state index in [1.54, 1.807) is 11.3 Å². The van der Waals surface area contributed by atoms with E-state index in [-0.39, 0.29) is 0 Å². The number of benzene rings is 6. The Morgan fingerprint density at radius 3 is 1.74 bits per heavy atom. The van der Waals surface area contributed by atoms with Gasteiger partial charge in [-0.25, -0.2) is 4.98 Å². The number of hydrogen-bond acceptors (Lipinski definition) is 2. The van der Waals surface area contributed by atoms with Gasteiger partial charge in [0.15, 0.2) is 0 Å². The topological polar surface area (TPSA) is 17.3 Å². The van der Waals surface area contributed by atoms with Crippen molar-refractivity contribution in [2.24, 2.45) is 0 Å². The fraction of sp³-hybridized carbons (Fsp3) is 0. The highest BCUT2D eigenvalue weighted by Gasteiger charge is 2.18. The van der Waals surface area contributed by atoms with E-state index in [9.17, 15) is 0 Å². The number of hydrogen-bond donors (Lipinski definition) is 0. The van der Waals surface area contributed by atoms with Crippen LogP contribution in [-0.2, 0) is 0 Å². The summed E-state index contributed by atoms with van der Waals surface area (Å²) in [6, 6.07) is 50.4. The van der Waals surface area contributed by atoms with Crippen LogP contribution in [0.25, 0.3) is 81.0 Å². The Morgan fingerprint density at radius 1 is 0.452 bits per heavy atom. The van der Waals surface area contributed by atoms with E-state index < -0.39 is 0 Å². The molecule has 9 aromatic rings. The van der Waals surface area contributed by atoms with Crippen molar-refractivity contribution in [3.8, 4) is 33.4 Å². The average Bonchev–Trinajstić information content (AvgIpc) is 3.60. The molecular formula is C39H24N2S. The third-order valence-corrected chi connectivity index (χ3v) is 9.57. The van der Waals surface area contributed by atoms with Gasteiger partial charge in [0.1, 0.15) is 16.0 Å². The van der Waals surface area contributed by atoms with Gasteiger partial charge < -0.3 is 0 Å². The predicted molar refractivity (Wildman–Crippen MR) is 179 cm³/mol. The molecule has 0 aliphatic carbocycles. The maximum Gasteiger partial charge on any atom is 0.139 e. The third-order valence-electron chi connectivity index (χ3n) is 8.41. The number of aromatic nitrogens is 2. The van der Waals surface area contributed by atoms with Crippen LogP contribution in [0, 0.1) is 0 Å². The van der Waals surface area contributed by atoms with Crippen LogP contribution >= 0.6 is 11.3 Å². The minimum absolute atomic E-state index is 0.978. The summed E-state index contributed by atoms with van der Waals surface area (Å²) in [5.74, 6) is 0. The average molecular weight is 553 g/mol. The zero-order valence-corrected chi connectivity index (χ0v) is 23.5. The minimum Gasteiger partial charge on any atom is -0.291 e. The molecule has 0 atom stereocenters. The van der Waals surface area contributed by atoms with Crippen LogP contribution in [0.15, 0.2) is 146 Å². The molecule has 0 aliphatic rings. The van der Waals surface area contributed by atoms with Gasteiger partial charge in [0.2, 0.25) is 0 Å². The molecule has 3 heterocycles. The van der Waals surface area contributed by atoms with Gasteiger partial charge in [-0.3, -0.25) is 4.40 Å². The Kier molecular flexibility index (Phi) is 5.10. The molecule has 0 N–H and O–H groups in total. The molecular weight excluding hydrogens is 529 g/mol. The molecule has 3 aromatic heterocycles. The van der Waals surface area contributed by atoms with Gasteiger partial charge >= 0.3 is 0 Å². The second-order valence-electron chi connectivity index (χ2n) is 10.8. The van der Waals surface area contributed by atoms with Gasteiger partial charge in [0.05, 0.1) is 0 Å². The lowest BCUT2D eigenvalue weighted by Crippen LogP contribution is -1.92. The number of fused-ring (bicyclic) bond motifs is 7. The van der Waals surface area contributed by atoms with Gasteiger partial charge in [0, 0.05) is 16.3 Å². The highest BCUT2D eigenvalue weighted by atomic mass is 32.1. The molecule has 3 heteroatoms. The molecule has 0 radical (unpaired) electrons. The van der Waals surface area contributed by atoms with Crippen molar-refractivity contribution < 1.29 is 0 Å². The van der Waals surface area contributed by atoms with E-state index in [2.05, 4.69) is 150 Å². The summed E-state index contributed by atoms with van der Waals surface area (Å²) < 4.78 is 3.50. The van der Waals surface area contributed by atoms with Crippen molar-refractivity contribution in [2.75, 3.05) is 0 Å². The van der Waals surface area contributed by atoms with Crippen molar-refractivity contribution >= 4 is 59.0 Å². The van der Waals surface area contributed by atoms with Crippen molar-refractivity contribution in [2.45, 2.75) is 0 Å². The first kappa shape index (κ1) is 23.5. The Hall–Kier alpha value is -5.25. The first-order valence-electron chi connectivity index (χ1n) is 14.2. The van der Waals surface area contributed by atoms with Crippen LogP contribution in [0.4, 0.5) is 0 Å². The molecule has 0 saturated carbocycles. The van der Waals surface area contributed by atoms with Crippen LogP contribution in [-0.4, -0.2) is 9.38 Å². The smallest absolute Gasteiger partial charge is 0.139 e. The highest BCUT2D eigenvalue weighted by molar-refractivity contribution is 7.25. The molecule has 0 aliphatic heterocycles. The zero-order valence-electron chi connectivity index (χ0n) is 22.7. The SMILES string of the molecule is c1ccc(-c2c3ccccc3c(-c3ccccc3)c3cc(-c4ccn5c(c4)nc4c6ccccc6sc45)ccc23)cc1. The van der Waals surface area contributed by atoms with Gasteiger partial charge in [-0.1, -0.05) is 115 Å². The summed E-state index contributed by atoms with van der Waals surface area (Å²) in [6.45, 7) is 0. The molecule has 2 nitrogen and oxygen atoms in total. The van der Waals surface area contributed by atoms with E-state index in [1.807, 2.05) is 0 Å². The second-order valence-corrected chi connectivity index (χ2v) is 11.8.